The van der Waals surface area contributed by atoms with Crippen LogP contribution in [0.15, 0.2) is 92.4 Å². The summed E-state index contributed by atoms with van der Waals surface area (Å²) >= 11 is 0. The van der Waals surface area contributed by atoms with Crippen molar-refractivity contribution in [3.8, 4) is 0 Å². The van der Waals surface area contributed by atoms with Crippen LogP contribution in [0.2, 0.25) is 0 Å². The number of hydrogen-bond donors (Lipinski definition) is 0. The van der Waals surface area contributed by atoms with E-state index in [0.717, 1.165) is 72.8 Å². The Morgan fingerprint density at radius 3 is 0.600 bits per heavy atom. The summed E-state index contributed by atoms with van der Waals surface area (Å²) in [7, 11) is -19.3. The van der Waals surface area contributed by atoms with Crippen LogP contribution in [0.4, 0.5) is 0 Å². The molecule has 0 fully saturated rings. The minimum absolute atomic E-state index is 0. The van der Waals surface area contributed by atoms with Gasteiger partial charge in [-0.25, -0.2) is 33.7 Å². The molecule has 4 aromatic rings. The first kappa shape index (κ1) is 42.1. The first-order valence-electron chi connectivity index (χ1n) is 12.6. The van der Waals surface area contributed by atoms with Gasteiger partial charge in [0.25, 0.3) is 0 Å². The van der Waals surface area contributed by atoms with Gasteiger partial charge in [0.1, 0.15) is 40.5 Å². The summed E-state index contributed by atoms with van der Waals surface area (Å²) in [6, 6.07) is 10.7. The first-order valence-corrected chi connectivity index (χ1v) is 18.2. The Labute approximate surface area is 342 Å². The van der Waals surface area contributed by atoms with Gasteiger partial charge < -0.3 is 18.2 Å². The van der Waals surface area contributed by atoms with E-state index in [2.05, 4.69) is 0 Å². The second kappa shape index (κ2) is 14.6. The maximum Gasteiger partial charge on any atom is 2.00 e. The number of benzene rings is 4. The molecule has 16 nitrogen and oxygen atoms in total. The second-order valence-electron chi connectivity index (χ2n) is 9.96. The van der Waals surface area contributed by atoms with Crippen LogP contribution in [0.25, 0.3) is 0 Å². The molecule has 0 N–H and O–H groups in total. The number of carbonyl (C=O) groups excluding carboxylic acids is 4. The number of hydrogen-bond acceptors (Lipinski definition) is 16. The van der Waals surface area contributed by atoms with E-state index < -0.39 is 83.2 Å². The van der Waals surface area contributed by atoms with Crippen molar-refractivity contribution in [1.29, 1.82) is 0 Å². The summed E-state index contributed by atoms with van der Waals surface area (Å²) in [5.74, 6) is -3.00. The molecule has 2 aliphatic carbocycles. The summed E-state index contributed by atoms with van der Waals surface area (Å²) < 4.78 is 133. The molecule has 0 amide bonds. The van der Waals surface area contributed by atoms with Crippen LogP contribution in [-0.4, -0.2) is 150 Å². The largest absolute Gasteiger partial charge is 2.00 e. The molecule has 0 aliphatic heterocycles. The fourth-order valence-corrected chi connectivity index (χ4v) is 6.83. The maximum atomic E-state index is 12.4. The van der Waals surface area contributed by atoms with E-state index in [9.17, 15) is 71.1 Å². The van der Waals surface area contributed by atoms with Crippen LogP contribution in [0.5, 0.6) is 0 Å². The average molecular weight is 813 g/mol. The van der Waals surface area contributed by atoms with Gasteiger partial charge in [-0.15, -0.1) is 0 Å². The molecule has 0 saturated carbocycles. The standard InChI is InChI=1S/2C14H8O8S2.2Ca/c2*15-13-9-3-1-7(23(17,18)19)5-11(9)14(16)10-4-2-8(6-12(10)13)24(20,21)22;;/h2*1-6H,(H,17,18,19)(H,20,21,22);;/q;;2*+2/p-4. The molecule has 22 heteroatoms. The zero-order chi connectivity index (χ0) is 35.7. The van der Waals surface area contributed by atoms with Gasteiger partial charge in [-0.2, -0.15) is 0 Å². The van der Waals surface area contributed by atoms with E-state index in [4.69, 9.17) is 0 Å². The van der Waals surface area contributed by atoms with Gasteiger partial charge in [0, 0.05) is 44.5 Å². The van der Waals surface area contributed by atoms with Gasteiger partial charge in [0.2, 0.25) is 0 Å². The SMILES string of the molecule is O=C1c2ccc(S(=O)(=O)[O-])cc2C(=O)c2ccc(S(=O)(=O)[O-])cc21.O=C1c2ccc(S(=O)(=O)[O-])cc2C(=O)c2ccc(S(=O)(=O)[O-])cc21.[Ca+2].[Ca+2]. The molecule has 0 aromatic heterocycles. The van der Waals surface area contributed by atoms with Crippen molar-refractivity contribution >= 4 is 139 Å². The van der Waals surface area contributed by atoms with Crippen LogP contribution >= 0.6 is 0 Å². The molecule has 0 spiro atoms. The summed E-state index contributed by atoms with van der Waals surface area (Å²) in [6.07, 6.45) is 0. The van der Waals surface area contributed by atoms with E-state index in [1.165, 1.54) is 0 Å². The van der Waals surface area contributed by atoms with Crippen molar-refractivity contribution in [3.05, 3.63) is 117 Å². The predicted octanol–water partition coefficient (Wildman–Crippen LogP) is -0.221. The van der Waals surface area contributed by atoms with Gasteiger partial charge in [-0.3, -0.25) is 19.2 Å². The molecule has 50 heavy (non-hydrogen) atoms. The molecule has 2 aliphatic rings. The summed E-state index contributed by atoms with van der Waals surface area (Å²) in [4.78, 5) is 47.0. The van der Waals surface area contributed by atoms with E-state index in [-0.39, 0.29) is 120 Å². The Balaban J connectivity index is 0.000000260. The molecule has 0 radical (unpaired) electrons. The van der Waals surface area contributed by atoms with Crippen molar-refractivity contribution < 1.29 is 71.1 Å². The molecule has 4 aromatic carbocycles. The van der Waals surface area contributed by atoms with E-state index in [0.29, 0.717) is 0 Å². The van der Waals surface area contributed by atoms with Crippen molar-refractivity contribution in [2.24, 2.45) is 0 Å². The Kier molecular flexibility index (Phi) is 12.3. The third-order valence-electron chi connectivity index (χ3n) is 7.08. The van der Waals surface area contributed by atoms with Crippen LogP contribution in [0.3, 0.4) is 0 Å². The minimum Gasteiger partial charge on any atom is -0.744 e. The Morgan fingerprint density at radius 2 is 0.460 bits per heavy atom. The van der Waals surface area contributed by atoms with E-state index >= 15 is 0 Å². The number of rotatable bonds is 4. The quantitative estimate of drug-likeness (QED) is 0.164. The van der Waals surface area contributed by atoms with Crippen LogP contribution < -0.4 is 0 Å². The first-order chi connectivity index (χ1) is 22.0. The monoisotopic (exact) mass is 812 g/mol. The summed E-state index contributed by atoms with van der Waals surface area (Å²) in [5.41, 5.74) is -1.82. The van der Waals surface area contributed by atoms with Gasteiger partial charge in [-0.1, -0.05) is 0 Å². The molecular weight excluding hydrogens is 801 g/mol. The molecule has 0 bridgehead atoms. The second-order valence-corrected chi connectivity index (χ2v) is 15.5. The number of fused-ring (bicyclic) bond motifs is 4. The minimum atomic E-state index is -4.81. The van der Waals surface area contributed by atoms with E-state index in [1.807, 2.05) is 0 Å². The number of ketones is 4. The van der Waals surface area contributed by atoms with Crippen LogP contribution in [-0.2, 0) is 40.5 Å². The zero-order valence-corrected chi connectivity index (χ0v) is 32.2. The van der Waals surface area contributed by atoms with Crippen molar-refractivity contribution in [2.45, 2.75) is 19.6 Å². The van der Waals surface area contributed by atoms with Crippen LogP contribution in [0.1, 0.15) is 63.7 Å². The Bertz CT molecular complexity index is 2270. The third-order valence-corrected chi connectivity index (χ3v) is 10.4. The molecule has 0 unspecified atom stereocenters. The average Bonchev–Trinajstić information content (AvgIpc) is 3.00. The Hall–Kier alpha value is -2.28. The van der Waals surface area contributed by atoms with E-state index in [1.54, 1.807) is 0 Å². The number of carbonyl (C=O) groups is 4. The summed E-state index contributed by atoms with van der Waals surface area (Å²) in [5, 5.41) is 0. The fraction of sp³-hybridized carbons (Fsp3) is 0. The van der Waals surface area contributed by atoms with Gasteiger partial charge in [-0.05, 0) is 72.8 Å². The fourth-order valence-electron chi connectivity index (χ4n) is 4.84. The normalized spacial score (nSPS) is 13.7. The molecule has 6 rings (SSSR count). The van der Waals surface area contributed by atoms with Crippen molar-refractivity contribution in [2.75, 3.05) is 0 Å². The zero-order valence-electron chi connectivity index (χ0n) is 24.5. The molecule has 248 valence electrons. The summed E-state index contributed by atoms with van der Waals surface area (Å²) in [6.45, 7) is 0. The molecular formula is C28H12Ca2O16S4. The van der Waals surface area contributed by atoms with Gasteiger partial charge in [0.05, 0.1) is 19.6 Å². The van der Waals surface area contributed by atoms with Crippen molar-refractivity contribution in [1.82, 2.24) is 0 Å². The molecule has 0 atom stereocenters. The Morgan fingerprint density at radius 1 is 0.300 bits per heavy atom. The van der Waals surface area contributed by atoms with Crippen LogP contribution in [0, 0.1) is 0 Å². The van der Waals surface area contributed by atoms with Crippen molar-refractivity contribution in [3.63, 3.8) is 0 Å². The maximum absolute atomic E-state index is 12.4. The third kappa shape index (κ3) is 8.18. The molecule has 0 heterocycles. The predicted molar refractivity (Wildman–Crippen MR) is 163 cm³/mol. The topological polar surface area (TPSA) is 297 Å². The molecule has 0 saturated heterocycles. The van der Waals surface area contributed by atoms with Gasteiger partial charge >= 0.3 is 75.5 Å². The van der Waals surface area contributed by atoms with Gasteiger partial charge in [0.15, 0.2) is 23.1 Å². The smallest absolute Gasteiger partial charge is 0.744 e.